The molecule has 2 heterocycles. The molecule has 2 rings (SSSR count). The molecule has 2 aromatic heterocycles. The molecule has 0 spiro atoms. The summed E-state index contributed by atoms with van der Waals surface area (Å²) < 4.78 is 1.42. The molecule has 0 fully saturated rings. The second-order valence-corrected chi connectivity index (χ2v) is 9.76. The van der Waals surface area contributed by atoms with Crippen LogP contribution in [0.1, 0.15) is 0 Å². The van der Waals surface area contributed by atoms with Crippen LogP contribution in [-0.2, 0) is 9.59 Å². The summed E-state index contributed by atoms with van der Waals surface area (Å²) in [6, 6.07) is 0. The zero-order chi connectivity index (χ0) is 21.6. The van der Waals surface area contributed by atoms with E-state index < -0.39 is 0 Å². The Morgan fingerprint density at radius 1 is 0.800 bits per heavy atom. The zero-order valence-corrected chi connectivity index (χ0v) is 19.3. The average Bonchev–Trinajstić information content (AvgIpc) is 3.40. The summed E-state index contributed by atoms with van der Waals surface area (Å²) in [5, 5.41) is 28.9. The van der Waals surface area contributed by atoms with E-state index in [9.17, 15) is 9.59 Å². The van der Waals surface area contributed by atoms with Gasteiger partial charge in [0.15, 0.2) is 8.68 Å². The number of hydrogen-bond donors (Lipinski definition) is 4. The smallest absolute Gasteiger partial charge is 0.230 e. The van der Waals surface area contributed by atoms with Gasteiger partial charge in [-0.2, -0.15) is 0 Å². The highest BCUT2D eigenvalue weighted by atomic mass is 32.2. The maximum atomic E-state index is 11.9. The Morgan fingerprint density at radius 2 is 1.23 bits per heavy atom. The molecule has 2 aromatic rings. The van der Waals surface area contributed by atoms with Gasteiger partial charge in [-0.15, -0.1) is 33.6 Å². The van der Waals surface area contributed by atoms with Gasteiger partial charge in [-0.05, 0) is 0 Å². The number of thioether (sulfide) groups is 2. The first kappa shape index (κ1) is 24.1. The van der Waals surface area contributed by atoms with Crippen LogP contribution >= 0.6 is 46.2 Å². The molecule has 0 aliphatic carbocycles. The van der Waals surface area contributed by atoms with Crippen LogP contribution in [0.4, 0.5) is 10.3 Å². The van der Waals surface area contributed by atoms with Gasteiger partial charge >= 0.3 is 0 Å². The monoisotopic (exact) mass is 486 g/mol. The van der Waals surface area contributed by atoms with Crippen LogP contribution in [0.15, 0.2) is 34.0 Å². The maximum absolute atomic E-state index is 11.9. The number of amides is 2. The highest BCUT2D eigenvalue weighted by Crippen LogP contribution is 2.25. The predicted molar refractivity (Wildman–Crippen MR) is 125 cm³/mol. The molecule has 30 heavy (non-hydrogen) atoms. The van der Waals surface area contributed by atoms with E-state index in [1.54, 1.807) is 12.2 Å². The third-order valence-corrected chi connectivity index (χ3v) is 7.06. The summed E-state index contributed by atoms with van der Waals surface area (Å²) in [6.07, 6.45) is 3.46. The lowest BCUT2D eigenvalue weighted by Crippen LogP contribution is -2.36. The summed E-state index contributed by atoms with van der Waals surface area (Å²) in [6.45, 7) is 9.17. The van der Waals surface area contributed by atoms with Crippen molar-refractivity contribution < 1.29 is 9.59 Å². The fraction of sp³-hybridized carbons (Fsp3) is 0.375. The van der Waals surface area contributed by atoms with Gasteiger partial charge in [-0.3, -0.25) is 9.59 Å². The van der Waals surface area contributed by atoms with Crippen molar-refractivity contribution in [3.8, 4) is 0 Å². The summed E-state index contributed by atoms with van der Waals surface area (Å²) in [5.74, 6) is 0.207. The van der Waals surface area contributed by atoms with Crippen molar-refractivity contribution in [1.82, 2.24) is 31.0 Å². The second-order valence-electron chi connectivity index (χ2n) is 5.36. The molecular weight excluding hydrogens is 464 g/mol. The van der Waals surface area contributed by atoms with Gasteiger partial charge < -0.3 is 21.3 Å². The molecular formula is C16H22N8O2S4. The third kappa shape index (κ3) is 9.56. The minimum absolute atomic E-state index is 0.132. The molecule has 0 bridgehead atoms. The first-order valence-corrected chi connectivity index (χ1v) is 12.4. The van der Waals surface area contributed by atoms with Crippen molar-refractivity contribution in [2.24, 2.45) is 0 Å². The molecule has 0 aromatic carbocycles. The van der Waals surface area contributed by atoms with Crippen LogP contribution in [0.2, 0.25) is 0 Å². The maximum Gasteiger partial charge on any atom is 0.230 e. The molecule has 0 saturated carbocycles. The Labute approximate surface area is 190 Å². The van der Waals surface area contributed by atoms with Gasteiger partial charge in [0.05, 0.1) is 11.5 Å². The van der Waals surface area contributed by atoms with E-state index in [4.69, 9.17) is 0 Å². The first-order chi connectivity index (χ1) is 14.6. The normalized spacial score (nSPS) is 10.3. The first-order valence-electron chi connectivity index (χ1n) is 8.76. The van der Waals surface area contributed by atoms with E-state index in [1.807, 2.05) is 0 Å². The number of nitrogens with one attached hydrogen (secondary N) is 4. The fourth-order valence-electron chi connectivity index (χ4n) is 1.76. The molecule has 0 saturated heterocycles. The predicted octanol–water partition coefficient (Wildman–Crippen LogP) is 1.70. The highest BCUT2D eigenvalue weighted by molar-refractivity contribution is 8.01. The Bertz CT molecular complexity index is 773. The quantitative estimate of drug-likeness (QED) is 0.167. The van der Waals surface area contributed by atoms with Crippen LogP contribution in [0, 0.1) is 0 Å². The Hall–Kier alpha value is -2.16. The summed E-state index contributed by atoms with van der Waals surface area (Å²) in [5.41, 5.74) is 0. The van der Waals surface area contributed by atoms with Crippen molar-refractivity contribution >= 4 is 68.3 Å². The Balaban J connectivity index is 1.53. The minimum Gasteiger partial charge on any atom is -0.357 e. The van der Waals surface area contributed by atoms with Crippen LogP contribution < -0.4 is 21.3 Å². The van der Waals surface area contributed by atoms with Crippen molar-refractivity contribution in [3.63, 3.8) is 0 Å². The van der Waals surface area contributed by atoms with Gasteiger partial charge in [0.1, 0.15) is 0 Å². The van der Waals surface area contributed by atoms with E-state index >= 15 is 0 Å². The van der Waals surface area contributed by atoms with E-state index in [0.717, 1.165) is 0 Å². The standard InChI is InChI=1S/C16H22N8O2S4/c1-3-5-19-13-21-23-15(29-13)27-9-11(25)17-7-8-18-12(26)10-28-16-24-22-14(30-16)20-6-4-2/h3-4H,1-2,5-10H2,(H,17,25)(H,18,26)(H,19,21)(H,20,22). The van der Waals surface area contributed by atoms with Crippen molar-refractivity contribution in [1.29, 1.82) is 0 Å². The molecule has 2 amide bonds. The van der Waals surface area contributed by atoms with Crippen LogP contribution in [-0.4, -0.2) is 69.9 Å². The van der Waals surface area contributed by atoms with Gasteiger partial charge in [0.25, 0.3) is 0 Å². The zero-order valence-electron chi connectivity index (χ0n) is 16.0. The molecule has 0 atom stereocenters. The average molecular weight is 487 g/mol. The van der Waals surface area contributed by atoms with Gasteiger partial charge in [0.2, 0.25) is 22.1 Å². The minimum atomic E-state index is -0.132. The molecule has 10 nitrogen and oxygen atoms in total. The van der Waals surface area contributed by atoms with E-state index in [0.29, 0.717) is 45.1 Å². The van der Waals surface area contributed by atoms with Crippen LogP contribution in [0.3, 0.4) is 0 Å². The Kier molecular flexibility index (Phi) is 11.2. The van der Waals surface area contributed by atoms with E-state index in [-0.39, 0.29) is 23.3 Å². The van der Waals surface area contributed by atoms with E-state index in [1.165, 1.54) is 46.2 Å². The highest BCUT2D eigenvalue weighted by Gasteiger charge is 2.09. The second kappa shape index (κ2) is 14.0. The molecule has 162 valence electrons. The van der Waals surface area contributed by atoms with Crippen molar-refractivity contribution in [3.05, 3.63) is 25.3 Å². The molecule has 0 unspecified atom stereocenters. The number of nitrogens with zero attached hydrogens (tertiary/aromatic N) is 4. The number of hydrogen-bond acceptors (Lipinski definition) is 12. The number of rotatable bonds is 15. The number of anilines is 2. The third-order valence-electron chi connectivity index (χ3n) is 3.03. The van der Waals surface area contributed by atoms with Crippen LogP contribution in [0.25, 0.3) is 0 Å². The number of carbonyl (C=O) groups excluding carboxylic acids is 2. The van der Waals surface area contributed by atoms with Crippen molar-refractivity contribution in [2.75, 3.05) is 48.3 Å². The lowest BCUT2D eigenvalue weighted by atomic mass is 10.5. The lowest BCUT2D eigenvalue weighted by Gasteiger charge is -2.06. The summed E-state index contributed by atoms with van der Waals surface area (Å²) in [7, 11) is 0. The number of aromatic nitrogens is 4. The SMILES string of the molecule is C=CCNc1nnc(SCC(=O)NCCNC(=O)CSc2nnc(NCC=C)s2)s1. The molecule has 14 heteroatoms. The lowest BCUT2D eigenvalue weighted by molar-refractivity contribution is -0.120. The summed E-state index contributed by atoms with van der Waals surface area (Å²) >= 11 is 5.39. The summed E-state index contributed by atoms with van der Waals surface area (Å²) in [4.78, 5) is 23.8. The van der Waals surface area contributed by atoms with Crippen molar-refractivity contribution in [2.45, 2.75) is 8.68 Å². The number of carbonyl (C=O) groups is 2. The fourth-order valence-corrected chi connectivity index (χ4v) is 4.94. The van der Waals surface area contributed by atoms with Gasteiger partial charge in [-0.1, -0.05) is 58.3 Å². The Morgan fingerprint density at radius 3 is 1.63 bits per heavy atom. The topological polar surface area (TPSA) is 134 Å². The largest absolute Gasteiger partial charge is 0.357 e. The molecule has 0 aliphatic heterocycles. The molecule has 4 N–H and O–H groups in total. The van der Waals surface area contributed by atoms with Gasteiger partial charge in [-0.25, -0.2) is 0 Å². The molecule has 0 radical (unpaired) electrons. The van der Waals surface area contributed by atoms with Crippen LogP contribution in [0.5, 0.6) is 0 Å². The molecule has 0 aliphatic rings. The van der Waals surface area contributed by atoms with E-state index in [2.05, 4.69) is 54.8 Å². The van der Waals surface area contributed by atoms with Gasteiger partial charge in [0, 0.05) is 26.2 Å².